The molecule has 2 N–H and O–H groups in total. The van der Waals surface area contributed by atoms with Crippen molar-refractivity contribution in [1.29, 1.82) is 0 Å². The third-order valence-corrected chi connectivity index (χ3v) is 2.66. The van der Waals surface area contributed by atoms with E-state index >= 15 is 0 Å². The first-order valence-corrected chi connectivity index (χ1v) is 5.58. The molecular weight excluding hydrogens is 230 g/mol. The third-order valence-electron chi connectivity index (χ3n) is 2.66. The number of aromatic nitrogens is 3. The summed E-state index contributed by atoms with van der Waals surface area (Å²) in [5, 5.41) is 5.73. The molecule has 1 aliphatic rings. The second-order valence-electron chi connectivity index (χ2n) is 3.97. The number of aryl methyl sites for hydroxylation is 1. The Bertz CT molecular complexity index is 611. The summed E-state index contributed by atoms with van der Waals surface area (Å²) in [4.78, 5) is 24.2. The molecule has 6 nitrogen and oxygen atoms in total. The lowest BCUT2D eigenvalue weighted by Crippen LogP contribution is -2.29. The van der Waals surface area contributed by atoms with Gasteiger partial charge in [-0.2, -0.15) is 0 Å². The van der Waals surface area contributed by atoms with Crippen LogP contribution in [0.2, 0.25) is 0 Å². The minimum absolute atomic E-state index is 0.0835. The molecule has 2 aromatic heterocycles. The summed E-state index contributed by atoms with van der Waals surface area (Å²) in [6, 6.07) is 5.57. The van der Waals surface area contributed by atoms with E-state index in [1.54, 1.807) is 6.20 Å². The van der Waals surface area contributed by atoms with Crippen molar-refractivity contribution < 1.29 is 4.79 Å². The Morgan fingerprint density at radius 3 is 2.94 bits per heavy atom. The topological polar surface area (TPSA) is 79.8 Å². The fourth-order valence-corrected chi connectivity index (χ4v) is 1.81. The van der Waals surface area contributed by atoms with Crippen molar-refractivity contribution in [2.45, 2.75) is 6.92 Å². The van der Waals surface area contributed by atoms with Crippen LogP contribution in [0.1, 0.15) is 5.69 Å². The van der Waals surface area contributed by atoms with Gasteiger partial charge in [0, 0.05) is 6.20 Å². The molecule has 2 aromatic rings. The zero-order valence-corrected chi connectivity index (χ0v) is 9.77. The quantitative estimate of drug-likeness (QED) is 0.784. The van der Waals surface area contributed by atoms with E-state index in [9.17, 15) is 4.79 Å². The van der Waals surface area contributed by atoms with E-state index in [-0.39, 0.29) is 12.5 Å². The number of carbonyl (C=O) groups is 1. The standard InChI is InChI=1S/C12H11N5O/c1-7-10-12(14-6-9(18)16-10)17-11(15-7)8-4-2-3-5-13-8/h2-5H,6H2,1H3,(H,16,18)(H,14,15,17). The zero-order valence-electron chi connectivity index (χ0n) is 9.77. The average molecular weight is 241 g/mol. The molecule has 3 rings (SSSR count). The van der Waals surface area contributed by atoms with E-state index in [1.807, 2.05) is 25.1 Å². The Hall–Kier alpha value is -2.50. The molecule has 18 heavy (non-hydrogen) atoms. The number of fused-ring (bicyclic) bond motifs is 1. The maximum Gasteiger partial charge on any atom is 0.243 e. The second kappa shape index (κ2) is 4.06. The largest absolute Gasteiger partial charge is 0.359 e. The van der Waals surface area contributed by atoms with Crippen LogP contribution < -0.4 is 10.6 Å². The van der Waals surface area contributed by atoms with Gasteiger partial charge in [-0.3, -0.25) is 9.78 Å². The van der Waals surface area contributed by atoms with Gasteiger partial charge in [0.05, 0.1) is 12.2 Å². The van der Waals surface area contributed by atoms with Gasteiger partial charge in [-0.1, -0.05) is 6.07 Å². The smallest absolute Gasteiger partial charge is 0.243 e. The molecule has 0 aliphatic carbocycles. The minimum Gasteiger partial charge on any atom is -0.359 e. The van der Waals surface area contributed by atoms with E-state index in [0.717, 1.165) is 5.69 Å². The molecule has 1 aliphatic heterocycles. The first-order valence-electron chi connectivity index (χ1n) is 5.58. The highest BCUT2D eigenvalue weighted by molar-refractivity contribution is 6.00. The highest BCUT2D eigenvalue weighted by Crippen LogP contribution is 2.27. The fourth-order valence-electron chi connectivity index (χ4n) is 1.81. The predicted octanol–water partition coefficient (Wildman–Crippen LogP) is 1.21. The lowest BCUT2D eigenvalue weighted by Gasteiger charge is -2.19. The van der Waals surface area contributed by atoms with E-state index in [2.05, 4.69) is 25.6 Å². The zero-order chi connectivity index (χ0) is 12.5. The Labute approximate surface area is 103 Å². The van der Waals surface area contributed by atoms with Crippen LogP contribution in [-0.2, 0) is 4.79 Å². The van der Waals surface area contributed by atoms with Crippen LogP contribution in [0.25, 0.3) is 11.5 Å². The highest BCUT2D eigenvalue weighted by Gasteiger charge is 2.19. The van der Waals surface area contributed by atoms with Crippen molar-refractivity contribution in [2.24, 2.45) is 0 Å². The van der Waals surface area contributed by atoms with Crippen molar-refractivity contribution in [2.75, 3.05) is 17.2 Å². The van der Waals surface area contributed by atoms with Crippen LogP contribution >= 0.6 is 0 Å². The number of nitrogens with zero attached hydrogens (tertiary/aromatic N) is 3. The lowest BCUT2D eigenvalue weighted by atomic mass is 10.2. The molecule has 90 valence electrons. The molecular formula is C12H11N5O. The molecule has 0 unspecified atom stereocenters. The summed E-state index contributed by atoms with van der Waals surface area (Å²) in [5.74, 6) is 1.11. The number of rotatable bonds is 1. The number of anilines is 2. The van der Waals surface area contributed by atoms with Gasteiger partial charge in [0.2, 0.25) is 5.91 Å². The summed E-state index contributed by atoms with van der Waals surface area (Å²) in [6.45, 7) is 2.06. The third kappa shape index (κ3) is 1.77. The van der Waals surface area contributed by atoms with Crippen LogP contribution in [0.4, 0.5) is 11.5 Å². The normalized spacial score (nSPS) is 13.5. The molecule has 0 fully saturated rings. The molecule has 6 heteroatoms. The Morgan fingerprint density at radius 1 is 1.28 bits per heavy atom. The minimum atomic E-state index is -0.0835. The van der Waals surface area contributed by atoms with E-state index in [1.165, 1.54) is 0 Å². The number of pyridine rings is 1. The number of amides is 1. The van der Waals surface area contributed by atoms with Gasteiger partial charge in [-0.05, 0) is 19.1 Å². The van der Waals surface area contributed by atoms with Crippen molar-refractivity contribution >= 4 is 17.4 Å². The molecule has 0 spiro atoms. The van der Waals surface area contributed by atoms with Gasteiger partial charge in [0.1, 0.15) is 11.4 Å². The molecule has 0 aromatic carbocycles. The summed E-state index contributed by atoms with van der Waals surface area (Å²) in [7, 11) is 0. The second-order valence-corrected chi connectivity index (χ2v) is 3.97. The number of carbonyl (C=O) groups excluding carboxylic acids is 1. The van der Waals surface area contributed by atoms with Crippen LogP contribution in [0.5, 0.6) is 0 Å². The summed E-state index contributed by atoms with van der Waals surface area (Å²) in [5.41, 5.74) is 2.08. The average Bonchev–Trinajstić information content (AvgIpc) is 2.40. The maximum absolute atomic E-state index is 11.3. The van der Waals surface area contributed by atoms with Crippen molar-refractivity contribution in [3.05, 3.63) is 30.1 Å². The van der Waals surface area contributed by atoms with Crippen molar-refractivity contribution in [3.8, 4) is 11.5 Å². The molecule has 0 saturated carbocycles. The SMILES string of the molecule is Cc1nc(-c2ccccn2)nc2c1NC(=O)CN2. The van der Waals surface area contributed by atoms with Crippen LogP contribution in [-0.4, -0.2) is 27.4 Å². The first-order chi connectivity index (χ1) is 8.74. The van der Waals surface area contributed by atoms with Gasteiger partial charge < -0.3 is 10.6 Å². The molecule has 0 bridgehead atoms. The molecule has 0 atom stereocenters. The Morgan fingerprint density at radius 2 is 2.17 bits per heavy atom. The molecule has 0 saturated heterocycles. The van der Waals surface area contributed by atoms with Gasteiger partial charge in [-0.25, -0.2) is 9.97 Å². The van der Waals surface area contributed by atoms with Gasteiger partial charge in [0.15, 0.2) is 11.6 Å². The number of hydrogen-bond donors (Lipinski definition) is 2. The van der Waals surface area contributed by atoms with Crippen molar-refractivity contribution in [1.82, 2.24) is 15.0 Å². The molecule has 0 radical (unpaired) electrons. The van der Waals surface area contributed by atoms with Crippen LogP contribution in [0.15, 0.2) is 24.4 Å². The Balaban J connectivity index is 2.10. The summed E-state index contributed by atoms with van der Waals surface area (Å²) in [6.07, 6.45) is 1.70. The highest BCUT2D eigenvalue weighted by atomic mass is 16.2. The predicted molar refractivity (Wildman–Crippen MR) is 67.1 cm³/mol. The maximum atomic E-state index is 11.3. The van der Waals surface area contributed by atoms with E-state index < -0.39 is 0 Å². The van der Waals surface area contributed by atoms with Crippen molar-refractivity contribution in [3.63, 3.8) is 0 Å². The summed E-state index contributed by atoms with van der Waals surface area (Å²) >= 11 is 0. The van der Waals surface area contributed by atoms with Crippen LogP contribution in [0.3, 0.4) is 0 Å². The van der Waals surface area contributed by atoms with Gasteiger partial charge >= 0.3 is 0 Å². The fraction of sp³-hybridized carbons (Fsp3) is 0.167. The molecule has 1 amide bonds. The summed E-state index contributed by atoms with van der Waals surface area (Å²) < 4.78 is 0. The first kappa shape index (κ1) is 10.6. The van der Waals surface area contributed by atoms with E-state index in [0.29, 0.717) is 23.0 Å². The number of nitrogens with one attached hydrogen (secondary N) is 2. The van der Waals surface area contributed by atoms with Crippen LogP contribution in [0, 0.1) is 6.92 Å². The number of hydrogen-bond acceptors (Lipinski definition) is 5. The van der Waals surface area contributed by atoms with Gasteiger partial charge in [-0.15, -0.1) is 0 Å². The monoisotopic (exact) mass is 241 g/mol. The molecule has 3 heterocycles. The lowest BCUT2D eigenvalue weighted by molar-refractivity contribution is -0.114. The van der Waals surface area contributed by atoms with Gasteiger partial charge in [0.25, 0.3) is 0 Å². The van der Waals surface area contributed by atoms with E-state index in [4.69, 9.17) is 0 Å². The Kier molecular flexibility index (Phi) is 2.40.